The summed E-state index contributed by atoms with van der Waals surface area (Å²) >= 11 is 3.18. The number of hydrogen-bond donors (Lipinski definition) is 0. The molecule has 2 amide bonds. The first kappa shape index (κ1) is 18.7. The van der Waals surface area contributed by atoms with Crippen molar-refractivity contribution in [1.29, 1.82) is 0 Å². The molecule has 7 heteroatoms. The van der Waals surface area contributed by atoms with Gasteiger partial charge in [0.25, 0.3) is 5.91 Å². The van der Waals surface area contributed by atoms with Crippen molar-refractivity contribution < 1.29 is 14.3 Å². The van der Waals surface area contributed by atoms with Gasteiger partial charge in [-0.3, -0.25) is 9.79 Å². The van der Waals surface area contributed by atoms with E-state index in [-0.39, 0.29) is 5.91 Å². The summed E-state index contributed by atoms with van der Waals surface area (Å²) < 4.78 is 6.56. The van der Waals surface area contributed by atoms with E-state index < -0.39 is 17.2 Å². The maximum absolute atomic E-state index is 13.5. The molecule has 0 saturated heterocycles. The first-order valence-corrected chi connectivity index (χ1v) is 11.3. The zero-order valence-corrected chi connectivity index (χ0v) is 17.8. The summed E-state index contributed by atoms with van der Waals surface area (Å²) in [4.78, 5) is 33.6. The number of imide groups is 1. The molecule has 0 N–H and O–H groups in total. The van der Waals surface area contributed by atoms with Crippen molar-refractivity contribution in [3.05, 3.63) is 28.2 Å². The van der Waals surface area contributed by atoms with Crippen molar-refractivity contribution in [1.82, 2.24) is 4.90 Å². The number of thioether (sulfide) groups is 1. The highest BCUT2D eigenvalue weighted by Gasteiger charge is 2.54. The number of hydrogen-bond acceptors (Lipinski definition) is 6. The van der Waals surface area contributed by atoms with Crippen molar-refractivity contribution in [2.24, 2.45) is 4.99 Å². The van der Waals surface area contributed by atoms with Gasteiger partial charge in [-0.25, -0.2) is 9.69 Å². The van der Waals surface area contributed by atoms with Gasteiger partial charge in [0.2, 0.25) is 0 Å². The number of rotatable bonds is 2. The van der Waals surface area contributed by atoms with Gasteiger partial charge < -0.3 is 4.74 Å². The number of ether oxygens (including phenoxy) is 1. The largest absolute Gasteiger partial charge is 0.443 e. The standard InChI is InChI=1S/C20H24N2O3S2/c1-19(2,3)25-18(24)22-16(23)14-12(11-20(22)8-6-9-20)15(27-17(14)26-4)13-7-5-10-21-13/h5,7H,6,8-11H2,1-4H3. The van der Waals surface area contributed by atoms with Gasteiger partial charge >= 0.3 is 6.09 Å². The van der Waals surface area contributed by atoms with Crippen molar-refractivity contribution in [3.8, 4) is 0 Å². The van der Waals surface area contributed by atoms with E-state index in [4.69, 9.17) is 4.74 Å². The SMILES string of the molecule is CSc1sc(C2=NCC=C2)c2c1C(=O)N(C(=O)OC(C)(C)C)C1(CCC1)C2. The molecule has 3 aliphatic rings. The first-order valence-electron chi connectivity index (χ1n) is 9.24. The summed E-state index contributed by atoms with van der Waals surface area (Å²) in [6.45, 7) is 6.19. The zero-order chi connectivity index (χ0) is 19.4. The number of carbonyl (C=O) groups excluding carboxylic acids is 2. The van der Waals surface area contributed by atoms with Gasteiger partial charge in [0.05, 0.1) is 32.4 Å². The van der Waals surface area contributed by atoms with Crippen LogP contribution in [-0.2, 0) is 11.2 Å². The number of carbonyl (C=O) groups is 2. The van der Waals surface area contributed by atoms with E-state index in [9.17, 15) is 9.59 Å². The minimum absolute atomic E-state index is 0.209. The number of aliphatic imine (C=N–C) groups is 1. The van der Waals surface area contributed by atoms with E-state index in [1.165, 1.54) is 4.90 Å². The van der Waals surface area contributed by atoms with Crippen LogP contribution < -0.4 is 0 Å². The summed E-state index contributed by atoms with van der Waals surface area (Å²) in [5, 5.41) is 0. The van der Waals surface area contributed by atoms with Crippen LogP contribution in [0.3, 0.4) is 0 Å². The van der Waals surface area contributed by atoms with E-state index in [1.54, 1.807) is 23.1 Å². The smallest absolute Gasteiger partial charge is 0.417 e. The second kappa shape index (κ2) is 6.48. The molecule has 0 bridgehead atoms. The Hall–Kier alpha value is -1.60. The number of thiophene rings is 1. The lowest BCUT2D eigenvalue weighted by Gasteiger charge is -2.51. The van der Waals surface area contributed by atoms with Crippen LogP contribution >= 0.6 is 23.1 Å². The Labute approximate surface area is 167 Å². The highest BCUT2D eigenvalue weighted by Crippen LogP contribution is 2.50. The van der Waals surface area contributed by atoms with Crippen LogP contribution in [0.1, 0.15) is 60.8 Å². The minimum atomic E-state index is -0.631. The summed E-state index contributed by atoms with van der Waals surface area (Å²) in [6.07, 6.45) is 8.93. The monoisotopic (exact) mass is 404 g/mol. The topological polar surface area (TPSA) is 59.0 Å². The Morgan fingerprint density at radius 2 is 2.11 bits per heavy atom. The highest BCUT2D eigenvalue weighted by atomic mass is 32.2. The molecule has 1 aromatic rings. The molecular formula is C20H24N2O3S2. The quantitative estimate of drug-likeness (QED) is 0.671. The van der Waals surface area contributed by atoms with Crippen LogP contribution in [0.25, 0.3) is 0 Å². The van der Waals surface area contributed by atoms with E-state index in [2.05, 4.69) is 4.99 Å². The maximum atomic E-state index is 13.5. The normalized spacial score (nSPS) is 20.5. The Morgan fingerprint density at radius 1 is 1.37 bits per heavy atom. The summed E-state index contributed by atoms with van der Waals surface area (Å²) in [5.74, 6) is -0.209. The molecule has 4 rings (SSSR count). The second-order valence-electron chi connectivity index (χ2n) is 8.28. The predicted octanol–water partition coefficient (Wildman–Crippen LogP) is 4.69. The molecule has 144 valence electrons. The third-order valence-electron chi connectivity index (χ3n) is 5.29. The number of allylic oxidation sites excluding steroid dienone is 1. The lowest BCUT2D eigenvalue weighted by atomic mass is 9.68. The fraction of sp³-hybridized carbons (Fsp3) is 0.550. The molecule has 27 heavy (non-hydrogen) atoms. The third-order valence-corrected chi connectivity index (χ3v) is 7.67. The van der Waals surface area contributed by atoms with Crippen molar-refractivity contribution >= 4 is 40.8 Å². The van der Waals surface area contributed by atoms with Crippen molar-refractivity contribution in [2.75, 3.05) is 12.8 Å². The first-order chi connectivity index (χ1) is 12.8. The fourth-order valence-electron chi connectivity index (χ4n) is 4.00. The van der Waals surface area contributed by atoms with Crippen LogP contribution in [0, 0.1) is 0 Å². The molecule has 1 spiro atoms. The summed E-state index contributed by atoms with van der Waals surface area (Å²) in [7, 11) is 0. The van der Waals surface area contributed by atoms with E-state index >= 15 is 0 Å². The van der Waals surface area contributed by atoms with Crippen LogP contribution in [0.2, 0.25) is 0 Å². The average molecular weight is 405 g/mol. The molecule has 3 heterocycles. The van der Waals surface area contributed by atoms with Crippen LogP contribution in [0.15, 0.2) is 21.4 Å². The maximum Gasteiger partial charge on any atom is 0.417 e. The molecule has 1 saturated carbocycles. The van der Waals surface area contributed by atoms with Gasteiger partial charge in [-0.05, 0) is 64.3 Å². The Bertz CT molecular complexity index is 873. The van der Waals surface area contributed by atoms with Gasteiger partial charge in [-0.2, -0.15) is 0 Å². The minimum Gasteiger partial charge on any atom is -0.443 e. The van der Waals surface area contributed by atoms with Crippen LogP contribution in [-0.4, -0.2) is 46.6 Å². The number of amides is 2. The molecule has 5 nitrogen and oxygen atoms in total. The molecule has 1 aliphatic carbocycles. The van der Waals surface area contributed by atoms with Crippen LogP contribution in [0.5, 0.6) is 0 Å². The van der Waals surface area contributed by atoms with Crippen molar-refractivity contribution in [3.63, 3.8) is 0 Å². The van der Waals surface area contributed by atoms with Crippen molar-refractivity contribution in [2.45, 2.75) is 61.8 Å². The molecule has 1 aromatic heterocycles. The van der Waals surface area contributed by atoms with Crippen LogP contribution in [0.4, 0.5) is 4.79 Å². The third kappa shape index (κ3) is 3.05. The molecule has 0 radical (unpaired) electrons. The van der Waals surface area contributed by atoms with E-state index in [0.29, 0.717) is 18.5 Å². The van der Waals surface area contributed by atoms with Gasteiger partial charge in [0, 0.05) is 0 Å². The zero-order valence-electron chi connectivity index (χ0n) is 16.1. The fourth-order valence-corrected chi connectivity index (χ4v) is 6.03. The van der Waals surface area contributed by atoms with E-state index in [1.807, 2.05) is 39.2 Å². The van der Waals surface area contributed by atoms with Gasteiger partial charge in [0.15, 0.2) is 0 Å². The van der Waals surface area contributed by atoms with Gasteiger partial charge in [-0.15, -0.1) is 23.1 Å². The van der Waals surface area contributed by atoms with Gasteiger partial charge in [-0.1, -0.05) is 6.08 Å². The second-order valence-corrected chi connectivity index (χ2v) is 10.4. The lowest BCUT2D eigenvalue weighted by molar-refractivity contribution is -0.0212. The molecule has 0 atom stereocenters. The predicted molar refractivity (Wildman–Crippen MR) is 109 cm³/mol. The molecule has 0 unspecified atom stereocenters. The molecular weight excluding hydrogens is 380 g/mol. The van der Waals surface area contributed by atoms with Gasteiger partial charge in [0.1, 0.15) is 5.60 Å². The van der Waals surface area contributed by atoms with E-state index in [0.717, 1.165) is 39.6 Å². The lowest BCUT2D eigenvalue weighted by Crippen LogP contribution is -2.63. The Kier molecular flexibility index (Phi) is 4.50. The highest BCUT2D eigenvalue weighted by molar-refractivity contribution is 8.00. The molecule has 1 fully saturated rings. The Balaban J connectivity index is 1.81. The molecule has 0 aromatic carbocycles. The summed E-state index contributed by atoms with van der Waals surface area (Å²) in [6, 6.07) is 0. The Morgan fingerprint density at radius 3 is 2.63 bits per heavy atom. The number of fused-ring (bicyclic) bond motifs is 1. The summed E-state index contributed by atoms with van der Waals surface area (Å²) in [5.41, 5.74) is 1.63. The average Bonchev–Trinajstić information content (AvgIpc) is 3.18. The molecule has 2 aliphatic heterocycles. The number of nitrogens with zero attached hydrogens (tertiary/aromatic N) is 2.